The number of hydrogen-bond acceptors (Lipinski definition) is 4. The Hall–Kier alpha value is -1.83. The highest BCUT2D eigenvalue weighted by Gasteiger charge is 2.51. The predicted molar refractivity (Wildman–Crippen MR) is 98.1 cm³/mol. The number of methoxy groups -OCH3 is 1. The molecule has 3 N–H and O–H groups in total. The third kappa shape index (κ3) is 5.12. The second-order valence-corrected chi connectivity index (χ2v) is 8.53. The number of hydrogen-bond donors (Lipinski definition) is 3. The van der Waals surface area contributed by atoms with Crippen LogP contribution in [0.15, 0.2) is 0 Å². The van der Waals surface area contributed by atoms with Crippen molar-refractivity contribution in [2.24, 2.45) is 17.8 Å². The van der Waals surface area contributed by atoms with Crippen LogP contribution in [-0.2, 0) is 14.3 Å². The molecule has 152 valence electrons. The zero-order chi connectivity index (χ0) is 19.4. The van der Waals surface area contributed by atoms with Crippen molar-refractivity contribution in [3.8, 4) is 0 Å². The number of carboxylic acids is 1. The lowest BCUT2D eigenvalue weighted by molar-refractivity contribution is -0.144. The van der Waals surface area contributed by atoms with E-state index in [1.807, 2.05) is 0 Å². The van der Waals surface area contributed by atoms with E-state index in [0.29, 0.717) is 0 Å². The van der Waals surface area contributed by atoms with Gasteiger partial charge in [-0.05, 0) is 56.3 Å². The largest absolute Gasteiger partial charge is 0.480 e. The number of urea groups is 1. The van der Waals surface area contributed by atoms with Gasteiger partial charge in [0.25, 0.3) is 0 Å². The summed E-state index contributed by atoms with van der Waals surface area (Å²) in [4.78, 5) is 36.7. The van der Waals surface area contributed by atoms with Crippen LogP contribution in [-0.4, -0.2) is 66.8 Å². The first-order chi connectivity index (χ1) is 12.9. The van der Waals surface area contributed by atoms with Gasteiger partial charge >= 0.3 is 12.0 Å². The van der Waals surface area contributed by atoms with Gasteiger partial charge in [0, 0.05) is 32.2 Å². The lowest BCUT2D eigenvalue weighted by Crippen LogP contribution is -2.61. The van der Waals surface area contributed by atoms with Gasteiger partial charge in [-0.3, -0.25) is 9.59 Å². The molecule has 0 aromatic rings. The van der Waals surface area contributed by atoms with Crippen LogP contribution in [0.2, 0.25) is 0 Å². The van der Waals surface area contributed by atoms with Crippen molar-refractivity contribution >= 4 is 17.9 Å². The number of nitrogens with zero attached hydrogens (tertiary/aromatic N) is 1. The van der Waals surface area contributed by atoms with Crippen LogP contribution in [0, 0.1) is 17.8 Å². The van der Waals surface area contributed by atoms with Crippen molar-refractivity contribution in [1.29, 1.82) is 0 Å². The van der Waals surface area contributed by atoms with Gasteiger partial charge in [-0.2, -0.15) is 0 Å². The normalized spacial score (nSPS) is 30.8. The van der Waals surface area contributed by atoms with Gasteiger partial charge in [0.05, 0.1) is 6.61 Å². The van der Waals surface area contributed by atoms with Crippen LogP contribution in [0.4, 0.5) is 4.79 Å². The molecule has 3 amide bonds. The molecule has 0 heterocycles. The highest BCUT2D eigenvalue weighted by Crippen LogP contribution is 2.55. The van der Waals surface area contributed by atoms with E-state index in [4.69, 9.17) is 9.84 Å². The van der Waals surface area contributed by atoms with Crippen LogP contribution >= 0.6 is 0 Å². The average molecular weight is 381 g/mol. The first-order valence-corrected chi connectivity index (χ1v) is 9.93. The molecule has 0 aliphatic heterocycles. The number of rotatable bonds is 9. The number of carboxylic acid groups (broad SMARTS) is 1. The summed E-state index contributed by atoms with van der Waals surface area (Å²) in [6.45, 7) is 0.335. The van der Waals surface area contributed by atoms with Gasteiger partial charge in [-0.25, -0.2) is 4.79 Å². The second-order valence-electron chi connectivity index (χ2n) is 8.53. The molecular formula is C19H31N3O5. The van der Waals surface area contributed by atoms with Gasteiger partial charge in [0.2, 0.25) is 5.91 Å². The first-order valence-electron chi connectivity index (χ1n) is 9.93. The van der Waals surface area contributed by atoms with E-state index in [-0.39, 0.29) is 50.1 Å². The molecule has 0 unspecified atom stereocenters. The fourth-order valence-electron chi connectivity index (χ4n) is 5.65. The number of ether oxygens (including phenoxy) is 1. The van der Waals surface area contributed by atoms with Crippen LogP contribution in [0.25, 0.3) is 0 Å². The van der Waals surface area contributed by atoms with E-state index in [0.717, 1.165) is 37.0 Å². The molecule has 4 aliphatic rings. The molecule has 4 saturated carbocycles. The fourth-order valence-corrected chi connectivity index (χ4v) is 5.65. The molecule has 0 radical (unpaired) electrons. The molecule has 4 fully saturated rings. The molecule has 0 spiro atoms. The van der Waals surface area contributed by atoms with Crippen molar-refractivity contribution < 1.29 is 24.2 Å². The number of amides is 3. The van der Waals surface area contributed by atoms with E-state index in [1.165, 1.54) is 31.3 Å². The van der Waals surface area contributed by atoms with Crippen LogP contribution in [0.3, 0.4) is 0 Å². The van der Waals surface area contributed by atoms with Crippen molar-refractivity contribution in [3.63, 3.8) is 0 Å². The summed E-state index contributed by atoms with van der Waals surface area (Å²) in [6.07, 6.45) is 7.26. The Morgan fingerprint density at radius 3 is 2.22 bits per heavy atom. The topological polar surface area (TPSA) is 108 Å². The summed E-state index contributed by atoms with van der Waals surface area (Å²) >= 11 is 0. The smallest absolute Gasteiger partial charge is 0.323 e. The number of aliphatic carboxylic acids is 1. The lowest BCUT2D eigenvalue weighted by atomic mass is 9.53. The summed E-state index contributed by atoms with van der Waals surface area (Å²) in [5, 5.41) is 14.9. The van der Waals surface area contributed by atoms with Crippen molar-refractivity contribution in [2.45, 2.75) is 50.5 Å². The molecule has 0 saturated heterocycles. The second kappa shape index (κ2) is 8.46. The number of carbonyl (C=O) groups is 3. The maximum absolute atomic E-state index is 12.4. The van der Waals surface area contributed by atoms with Crippen molar-refractivity contribution in [1.82, 2.24) is 15.5 Å². The zero-order valence-corrected chi connectivity index (χ0v) is 16.0. The molecular weight excluding hydrogens is 350 g/mol. The third-order valence-electron chi connectivity index (χ3n) is 6.29. The highest BCUT2D eigenvalue weighted by molar-refractivity contribution is 5.82. The lowest BCUT2D eigenvalue weighted by Gasteiger charge is -2.56. The maximum atomic E-state index is 12.4. The summed E-state index contributed by atoms with van der Waals surface area (Å²) in [5.41, 5.74) is -0.0589. The third-order valence-corrected chi connectivity index (χ3v) is 6.29. The predicted octanol–water partition coefficient (Wildman–Crippen LogP) is 1.20. The molecule has 27 heavy (non-hydrogen) atoms. The van der Waals surface area contributed by atoms with Gasteiger partial charge in [0.1, 0.15) is 6.54 Å². The van der Waals surface area contributed by atoms with Gasteiger partial charge in [-0.1, -0.05) is 0 Å². The Balaban J connectivity index is 1.42. The van der Waals surface area contributed by atoms with Crippen LogP contribution in [0.1, 0.15) is 44.9 Å². The van der Waals surface area contributed by atoms with Crippen molar-refractivity contribution in [2.75, 3.05) is 33.4 Å². The summed E-state index contributed by atoms with van der Waals surface area (Å²) in [5.74, 6) is 0.895. The Kier molecular flexibility index (Phi) is 6.24. The summed E-state index contributed by atoms with van der Waals surface area (Å²) < 4.78 is 4.91. The summed E-state index contributed by atoms with van der Waals surface area (Å²) in [6, 6.07) is -0.216. The highest BCUT2D eigenvalue weighted by atomic mass is 16.5. The number of nitrogens with one attached hydrogen (secondary N) is 2. The van der Waals surface area contributed by atoms with Gasteiger partial charge in [-0.15, -0.1) is 0 Å². The minimum absolute atomic E-state index is 0.0589. The molecule has 0 aromatic carbocycles. The van der Waals surface area contributed by atoms with Gasteiger partial charge < -0.3 is 25.4 Å². The van der Waals surface area contributed by atoms with E-state index in [2.05, 4.69) is 10.6 Å². The Bertz CT molecular complexity index is 544. The Morgan fingerprint density at radius 1 is 1.11 bits per heavy atom. The molecule has 4 rings (SSSR count). The first kappa shape index (κ1) is 19.9. The van der Waals surface area contributed by atoms with E-state index in [1.54, 1.807) is 0 Å². The zero-order valence-electron chi connectivity index (χ0n) is 16.0. The molecule has 8 heteroatoms. The minimum Gasteiger partial charge on any atom is -0.480 e. The van der Waals surface area contributed by atoms with Gasteiger partial charge in [0.15, 0.2) is 0 Å². The number of carbonyl (C=O) groups excluding carboxylic acids is 2. The average Bonchev–Trinajstić information content (AvgIpc) is 2.56. The monoisotopic (exact) mass is 381 g/mol. The van der Waals surface area contributed by atoms with E-state index >= 15 is 0 Å². The molecule has 8 nitrogen and oxygen atoms in total. The fraction of sp³-hybridized carbons (Fsp3) is 0.842. The molecule has 4 bridgehead atoms. The van der Waals surface area contributed by atoms with Crippen molar-refractivity contribution in [3.05, 3.63) is 0 Å². The SMILES string of the molecule is COCCN(CC(=O)O)C(=O)CCNC(=O)NC12CC3CC(CC(C3)C1)C2. The molecule has 0 aromatic heterocycles. The van der Waals surface area contributed by atoms with Crippen LogP contribution < -0.4 is 10.6 Å². The Labute approximate surface area is 160 Å². The maximum Gasteiger partial charge on any atom is 0.323 e. The van der Waals surface area contributed by atoms with Crippen LogP contribution in [0.5, 0.6) is 0 Å². The summed E-state index contributed by atoms with van der Waals surface area (Å²) in [7, 11) is 1.50. The molecule has 4 aliphatic carbocycles. The quantitative estimate of drug-likeness (QED) is 0.556. The Morgan fingerprint density at radius 2 is 1.70 bits per heavy atom. The van der Waals surface area contributed by atoms with E-state index in [9.17, 15) is 14.4 Å². The molecule has 0 atom stereocenters. The standard InChI is InChI=1S/C19H31N3O5/c1-27-5-4-22(12-17(24)25)16(23)2-3-20-18(26)21-19-9-13-6-14(10-19)8-15(7-13)11-19/h13-15H,2-12H2,1H3,(H,24,25)(H2,20,21,26). The van der Waals surface area contributed by atoms with E-state index < -0.39 is 5.97 Å². The minimum atomic E-state index is -1.06.